The molecule has 1 N–H and O–H groups in total. The number of hydrogen-bond donors (Lipinski definition) is 1. The van der Waals surface area contributed by atoms with Gasteiger partial charge in [-0.05, 0) is 58.6 Å². The maximum absolute atomic E-state index is 13.3. The third kappa shape index (κ3) is 10.4. The smallest absolute Gasteiger partial charge is 0.328 e. The molecule has 1 amide bonds. The molecule has 0 bridgehead atoms. The number of benzene rings is 2. The molecule has 0 fully saturated rings. The zero-order valence-electron chi connectivity index (χ0n) is 21.8. The van der Waals surface area contributed by atoms with E-state index in [2.05, 4.69) is 10.4 Å². The van der Waals surface area contributed by atoms with Crippen LogP contribution < -0.4 is 5.32 Å². The molecule has 0 aliphatic rings. The molecule has 2 aromatic carbocycles. The lowest BCUT2D eigenvalue weighted by Gasteiger charge is -2.26. The summed E-state index contributed by atoms with van der Waals surface area (Å²) in [5, 5.41) is 8.42. The van der Waals surface area contributed by atoms with Gasteiger partial charge in [0, 0.05) is 0 Å². The Morgan fingerprint density at radius 1 is 1.03 bits per heavy atom. The van der Waals surface area contributed by atoms with Crippen molar-refractivity contribution in [1.29, 1.82) is 0 Å². The van der Waals surface area contributed by atoms with Crippen molar-refractivity contribution in [2.45, 2.75) is 65.1 Å². The summed E-state index contributed by atoms with van der Waals surface area (Å²) in [6.07, 6.45) is 2.58. The molecule has 0 heterocycles. The largest absolute Gasteiger partial charge is 0.465 e. The van der Waals surface area contributed by atoms with Crippen LogP contribution in [0.3, 0.4) is 0 Å². The maximum atomic E-state index is 13.3. The molecule has 0 spiro atoms. The van der Waals surface area contributed by atoms with Gasteiger partial charge in [0.15, 0.2) is 0 Å². The van der Waals surface area contributed by atoms with Crippen LogP contribution in [-0.4, -0.2) is 59.9 Å². The number of nitrogens with zero attached hydrogens (tertiary/aromatic N) is 2. The van der Waals surface area contributed by atoms with Crippen LogP contribution in [-0.2, 0) is 30.3 Å². The van der Waals surface area contributed by atoms with E-state index in [9.17, 15) is 14.4 Å². The van der Waals surface area contributed by atoms with E-state index in [1.165, 1.54) is 6.21 Å². The van der Waals surface area contributed by atoms with Gasteiger partial charge in [0.25, 0.3) is 5.91 Å². The van der Waals surface area contributed by atoms with Crippen molar-refractivity contribution >= 4 is 24.1 Å². The first-order chi connectivity index (χ1) is 17.1. The van der Waals surface area contributed by atoms with Crippen LogP contribution in [0, 0.1) is 0 Å². The second-order valence-electron chi connectivity index (χ2n) is 9.35. The van der Waals surface area contributed by atoms with Gasteiger partial charge in [0.05, 0.1) is 18.9 Å². The molecule has 0 aliphatic heterocycles. The number of esters is 2. The van der Waals surface area contributed by atoms with Crippen LogP contribution in [0.25, 0.3) is 0 Å². The molecular formula is C28H37N3O5. The van der Waals surface area contributed by atoms with Gasteiger partial charge in [-0.25, -0.2) is 5.01 Å². The van der Waals surface area contributed by atoms with Crippen LogP contribution in [0.4, 0.5) is 0 Å². The number of rotatable bonds is 12. The Labute approximate surface area is 213 Å². The maximum Gasteiger partial charge on any atom is 0.328 e. The summed E-state index contributed by atoms with van der Waals surface area (Å²) in [6.45, 7) is 8.51. The zero-order chi connectivity index (χ0) is 26.6. The number of carbonyl (C=O) groups is 3. The highest BCUT2D eigenvalue weighted by Gasteiger charge is 2.29. The van der Waals surface area contributed by atoms with Gasteiger partial charge in [-0.15, -0.1) is 0 Å². The summed E-state index contributed by atoms with van der Waals surface area (Å²) >= 11 is 0. The molecule has 0 saturated heterocycles. The average Bonchev–Trinajstić information content (AvgIpc) is 2.84. The standard InChI is InChI=1S/C28H37N3O5/c1-6-35-27(34)24(18-17-22-13-9-7-10-14-22)30-21(2)26(33)31(20-25(32)36-28(3,4)5)29-19-23-15-11-8-12-16-23/h7-16,19,21,24,30H,6,17-18,20H2,1-5H3/t21-,24?/m0/s1. The summed E-state index contributed by atoms with van der Waals surface area (Å²) < 4.78 is 10.6. The van der Waals surface area contributed by atoms with E-state index in [1.54, 1.807) is 34.6 Å². The van der Waals surface area contributed by atoms with E-state index in [1.807, 2.05) is 60.7 Å². The van der Waals surface area contributed by atoms with Gasteiger partial charge in [0.2, 0.25) is 0 Å². The number of amides is 1. The second-order valence-corrected chi connectivity index (χ2v) is 9.35. The molecule has 194 valence electrons. The van der Waals surface area contributed by atoms with E-state index >= 15 is 0 Å². The van der Waals surface area contributed by atoms with Crippen LogP contribution in [0.15, 0.2) is 65.8 Å². The second kappa shape index (κ2) is 14.1. The van der Waals surface area contributed by atoms with Crippen molar-refractivity contribution in [2.75, 3.05) is 13.2 Å². The Balaban J connectivity index is 2.17. The van der Waals surface area contributed by atoms with Crippen molar-refractivity contribution < 1.29 is 23.9 Å². The minimum Gasteiger partial charge on any atom is -0.465 e. The molecule has 36 heavy (non-hydrogen) atoms. The third-order valence-electron chi connectivity index (χ3n) is 5.06. The van der Waals surface area contributed by atoms with Crippen molar-refractivity contribution in [1.82, 2.24) is 10.3 Å². The molecule has 1 unspecified atom stereocenters. The van der Waals surface area contributed by atoms with E-state index < -0.39 is 35.5 Å². The number of hydrazone groups is 1. The quantitative estimate of drug-likeness (QED) is 0.274. The minimum absolute atomic E-state index is 0.233. The first kappa shape index (κ1) is 28.7. The Hall–Kier alpha value is -3.52. The summed E-state index contributed by atoms with van der Waals surface area (Å²) in [7, 11) is 0. The number of nitrogens with one attached hydrogen (secondary N) is 1. The Bertz CT molecular complexity index is 1000. The topological polar surface area (TPSA) is 97.3 Å². The first-order valence-electron chi connectivity index (χ1n) is 12.2. The SMILES string of the molecule is CCOC(=O)C(CCc1ccccc1)N[C@@H](C)C(=O)N(CC(=O)OC(C)(C)C)N=Cc1ccccc1. The van der Waals surface area contributed by atoms with Crippen LogP contribution in [0.2, 0.25) is 0 Å². The van der Waals surface area contributed by atoms with Crippen molar-refractivity contribution in [3.63, 3.8) is 0 Å². The fraction of sp³-hybridized carbons (Fsp3) is 0.429. The predicted molar refractivity (Wildman–Crippen MR) is 139 cm³/mol. The molecular weight excluding hydrogens is 458 g/mol. The lowest BCUT2D eigenvalue weighted by Crippen LogP contribution is -2.51. The van der Waals surface area contributed by atoms with Crippen molar-refractivity contribution in [3.05, 3.63) is 71.8 Å². The van der Waals surface area contributed by atoms with E-state index in [0.29, 0.717) is 12.8 Å². The lowest BCUT2D eigenvalue weighted by atomic mass is 10.0. The normalized spacial score (nSPS) is 13.1. The zero-order valence-corrected chi connectivity index (χ0v) is 21.8. The van der Waals surface area contributed by atoms with Gasteiger partial charge in [-0.3, -0.25) is 19.7 Å². The number of aryl methyl sites for hydroxylation is 1. The van der Waals surface area contributed by atoms with Gasteiger partial charge >= 0.3 is 11.9 Å². The number of ether oxygens (including phenoxy) is 2. The highest BCUT2D eigenvalue weighted by Crippen LogP contribution is 2.11. The van der Waals surface area contributed by atoms with Gasteiger partial charge < -0.3 is 9.47 Å². The molecule has 0 radical (unpaired) electrons. The van der Waals surface area contributed by atoms with Crippen molar-refractivity contribution in [3.8, 4) is 0 Å². The number of carbonyl (C=O) groups excluding carboxylic acids is 3. The Morgan fingerprint density at radius 3 is 2.22 bits per heavy atom. The first-order valence-corrected chi connectivity index (χ1v) is 12.2. The van der Waals surface area contributed by atoms with Crippen LogP contribution in [0.5, 0.6) is 0 Å². The Kier molecular flexibility index (Phi) is 11.3. The molecule has 2 aromatic rings. The molecule has 8 heteroatoms. The van der Waals surface area contributed by atoms with Gasteiger partial charge in [-0.1, -0.05) is 60.7 Å². The highest BCUT2D eigenvalue weighted by molar-refractivity contribution is 5.88. The lowest BCUT2D eigenvalue weighted by molar-refractivity contribution is -0.159. The fourth-order valence-corrected chi connectivity index (χ4v) is 3.41. The molecule has 2 atom stereocenters. The van der Waals surface area contributed by atoms with Crippen LogP contribution >= 0.6 is 0 Å². The number of hydrogen-bond acceptors (Lipinski definition) is 7. The highest BCUT2D eigenvalue weighted by atomic mass is 16.6. The van der Waals surface area contributed by atoms with Gasteiger partial charge in [-0.2, -0.15) is 5.10 Å². The summed E-state index contributed by atoms with van der Waals surface area (Å²) in [5.41, 5.74) is 1.14. The van der Waals surface area contributed by atoms with Crippen LogP contribution in [0.1, 0.15) is 52.2 Å². The molecule has 0 aromatic heterocycles. The molecule has 8 nitrogen and oxygen atoms in total. The van der Waals surface area contributed by atoms with E-state index in [4.69, 9.17) is 9.47 Å². The average molecular weight is 496 g/mol. The molecule has 0 aliphatic carbocycles. The van der Waals surface area contributed by atoms with Crippen molar-refractivity contribution in [2.24, 2.45) is 5.10 Å². The minimum atomic E-state index is -0.814. The summed E-state index contributed by atoms with van der Waals surface area (Å²) in [5.74, 6) is -1.49. The fourth-order valence-electron chi connectivity index (χ4n) is 3.41. The summed E-state index contributed by atoms with van der Waals surface area (Å²) in [4.78, 5) is 38.5. The third-order valence-corrected chi connectivity index (χ3v) is 5.06. The van der Waals surface area contributed by atoms with Gasteiger partial charge in [0.1, 0.15) is 18.2 Å². The predicted octanol–water partition coefficient (Wildman–Crippen LogP) is 3.73. The molecule has 2 rings (SSSR count). The summed E-state index contributed by atoms with van der Waals surface area (Å²) in [6, 6.07) is 17.5. The molecule has 0 saturated carbocycles. The monoisotopic (exact) mass is 495 g/mol. The van der Waals surface area contributed by atoms with E-state index in [-0.39, 0.29) is 13.2 Å². The van der Waals surface area contributed by atoms with E-state index in [0.717, 1.165) is 16.1 Å². The Morgan fingerprint density at radius 2 is 1.64 bits per heavy atom.